The van der Waals surface area contributed by atoms with E-state index in [9.17, 15) is 0 Å². The molecule has 1 aromatic carbocycles. The summed E-state index contributed by atoms with van der Waals surface area (Å²) >= 11 is 1.53. The maximum atomic E-state index is 6.47. The lowest BCUT2D eigenvalue weighted by Crippen LogP contribution is -2.33. The first-order valence-electron chi connectivity index (χ1n) is 12.5. The van der Waals surface area contributed by atoms with E-state index in [0.717, 1.165) is 36.4 Å². The van der Waals surface area contributed by atoms with Gasteiger partial charge in [0.2, 0.25) is 5.75 Å². The Kier molecular flexibility index (Phi) is 7.18. The Hall–Kier alpha value is -2.84. The molecule has 1 spiro atoms. The van der Waals surface area contributed by atoms with E-state index in [1.165, 1.54) is 18.1 Å². The van der Waals surface area contributed by atoms with Crippen molar-refractivity contribution in [3.05, 3.63) is 30.3 Å². The number of nitrogens with zero attached hydrogens (tertiary/aromatic N) is 3. The van der Waals surface area contributed by atoms with Gasteiger partial charge in [-0.2, -0.15) is 5.10 Å². The van der Waals surface area contributed by atoms with E-state index < -0.39 is 12.1 Å². The van der Waals surface area contributed by atoms with Gasteiger partial charge in [0.25, 0.3) is 0 Å². The molecule has 0 unspecified atom stereocenters. The lowest BCUT2D eigenvalue weighted by molar-refractivity contribution is -0.244. The topological polar surface area (TPSA) is 132 Å². The van der Waals surface area contributed by atoms with Gasteiger partial charge in [0.15, 0.2) is 34.5 Å². The minimum Gasteiger partial charge on any atom is -0.493 e. The van der Waals surface area contributed by atoms with E-state index >= 15 is 0 Å². The van der Waals surface area contributed by atoms with Gasteiger partial charge in [-0.05, 0) is 25.0 Å². The molecule has 13 heteroatoms. The summed E-state index contributed by atoms with van der Waals surface area (Å²) in [5, 5.41) is 11.7. The summed E-state index contributed by atoms with van der Waals surface area (Å²) < 4.78 is 47.2. The van der Waals surface area contributed by atoms with E-state index in [-0.39, 0.29) is 24.9 Å². The number of ether oxygens (including phenoxy) is 7. The minimum atomic E-state index is -0.602. The summed E-state index contributed by atoms with van der Waals surface area (Å²) in [6, 6.07) is 5.45. The number of nitrogens with one attached hydrogen (secondary N) is 1. The van der Waals surface area contributed by atoms with Crippen molar-refractivity contribution in [3.8, 4) is 28.5 Å². The van der Waals surface area contributed by atoms with Crippen molar-refractivity contribution in [3.63, 3.8) is 0 Å². The van der Waals surface area contributed by atoms with Crippen molar-refractivity contribution in [2.24, 2.45) is 0 Å². The van der Waals surface area contributed by atoms with E-state index in [1.807, 2.05) is 18.2 Å². The molecule has 6 rings (SSSR count). The van der Waals surface area contributed by atoms with Crippen LogP contribution < -0.4 is 14.2 Å². The molecule has 3 aliphatic rings. The number of hydrogen-bond donors (Lipinski definition) is 1. The van der Waals surface area contributed by atoms with Gasteiger partial charge in [0.1, 0.15) is 30.8 Å². The lowest BCUT2D eigenvalue weighted by atomic mass is 10.1. The molecule has 38 heavy (non-hydrogen) atoms. The largest absolute Gasteiger partial charge is 0.493 e. The average Bonchev–Trinajstić information content (AvgIpc) is 3.77. The van der Waals surface area contributed by atoms with Gasteiger partial charge in [-0.15, -0.1) is 0 Å². The molecule has 2 saturated heterocycles. The number of rotatable bonds is 10. The third-order valence-corrected chi connectivity index (χ3v) is 7.99. The average molecular weight is 547 g/mol. The molecule has 0 amide bonds. The van der Waals surface area contributed by atoms with Crippen LogP contribution in [0.25, 0.3) is 11.3 Å². The molecule has 0 bridgehead atoms. The predicted octanol–water partition coefficient (Wildman–Crippen LogP) is 3.57. The Bertz CT molecular complexity index is 1210. The smallest absolute Gasteiger partial charge is 0.203 e. The number of methoxy groups -OCH3 is 3. The maximum Gasteiger partial charge on any atom is 0.203 e. The Morgan fingerprint density at radius 2 is 1.79 bits per heavy atom. The first-order chi connectivity index (χ1) is 18.6. The Morgan fingerprint density at radius 1 is 1.03 bits per heavy atom. The Morgan fingerprint density at radius 3 is 2.47 bits per heavy atom. The van der Waals surface area contributed by atoms with Crippen LogP contribution in [-0.2, 0) is 25.6 Å². The van der Waals surface area contributed by atoms with Crippen molar-refractivity contribution in [1.29, 1.82) is 0 Å². The number of aromatic amines is 1. The molecule has 3 fully saturated rings. The third kappa shape index (κ3) is 4.84. The first kappa shape index (κ1) is 25.4. The molecular weight excluding hydrogens is 516 g/mol. The molecule has 4 atom stereocenters. The quantitative estimate of drug-likeness (QED) is 0.373. The SMILES string of the molecule is COc1cc(-c2cc(CO[C@@H]3O[C@H](CSc4ncn[nH]4)[C@H]4OC5(CCCC5)O[C@@H]34)on2)cc(OC)c1OC. The van der Waals surface area contributed by atoms with E-state index in [1.54, 1.807) is 21.3 Å². The summed E-state index contributed by atoms with van der Waals surface area (Å²) in [4.78, 5) is 4.18. The highest BCUT2D eigenvalue weighted by Crippen LogP contribution is 2.48. The maximum absolute atomic E-state index is 6.47. The molecule has 1 aliphatic carbocycles. The van der Waals surface area contributed by atoms with Crippen LogP contribution in [0.4, 0.5) is 0 Å². The molecule has 1 saturated carbocycles. The van der Waals surface area contributed by atoms with Gasteiger partial charge in [0, 0.05) is 30.2 Å². The van der Waals surface area contributed by atoms with Gasteiger partial charge < -0.3 is 37.7 Å². The summed E-state index contributed by atoms with van der Waals surface area (Å²) in [6.07, 6.45) is 4.06. The Balaban J connectivity index is 1.15. The molecule has 4 heterocycles. The molecular formula is C25H30N4O8S. The van der Waals surface area contributed by atoms with E-state index in [2.05, 4.69) is 20.3 Å². The van der Waals surface area contributed by atoms with Crippen molar-refractivity contribution < 1.29 is 37.7 Å². The van der Waals surface area contributed by atoms with Crippen LogP contribution >= 0.6 is 11.8 Å². The predicted molar refractivity (Wildman–Crippen MR) is 133 cm³/mol. The van der Waals surface area contributed by atoms with E-state index in [4.69, 9.17) is 37.7 Å². The van der Waals surface area contributed by atoms with Crippen LogP contribution in [0.5, 0.6) is 17.2 Å². The molecule has 1 N–H and O–H groups in total. The molecule has 2 aliphatic heterocycles. The molecule has 3 aromatic rings. The van der Waals surface area contributed by atoms with Crippen LogP contribution in [0.1, 0.15) is 31.4 Å². The van der Waals surface area contributed by atoms with Gasteiger partial charge in [-0.3, -0.25) is 5.10 Å². The highest BCUT2D eigenvalue weighted by atomic mass is 32.2. The first-order valence-corrected chi connectivity index (χ1v) is 13.5. The van der Waals surface area contributed by atoms with Crippen molar-refractivity contribution in [2.75, 3.05) is 27.1 Å². The van der Waals surface area contributed by atoms with E-state index in [0.29, 0.717) is 34.5 Å². The highest BCUT2D eigenvalue weighted by molar-refractivity contribution is 7.99. The summed E-state index contributed by atoms with van der Waals surface area (Å²) in [6.45, 7) is 0.156. The van der Waals surface area contributed by atoms with Gasteiger partial charge >= 0.3 is 0 Å². The second kappa shape index (κ2) is 10.7. The zero-order valence-corrected chi connectivity index (χ0v) is 22.2. The summed E-state index contributed by atoms with van der Waals surface area (Å²) in [5.74, 6) is 2.20. The van der Waals surface area contributed by atoms with Crippen LogP contribution in [0.15, 0.2) is 34.2 Å². The number of fused-ring (bicyclic) bond motifs is 1. The van der Waals surface area contributed by atoms with Crippen LogP contribution in [0.3, 0.4) is 0 Å². The summed E-state index contributed by atoms with van der Waals surface area (Å²) in [7, 11) is 4.70. The number of benzene rings is 1. The number of hydrogen-bond acceptors (Lipinski definition) is 12. The minimum absolute atomic E-state index is 0.156. The van der Waals surface area contributed by atoms with Gasteiger partial charge in [-0.25, -0.2) is 4.98 Å². The van der Waals surface area contributed by atoms with Crippen molar-refractivity contribution in [2.45, 2.75) is 67.8 Å². The molecule has 0 radical (unpaired) electrons. The van der Waals surface area contributed by atoms with Crippen LogP contribution in [0.2, 0.25) is 0 Å². The highest BCUT2D eigenvalue weighted by Gasteiger charge is 2.59. The Labute approximate surface area is 223 Å². The fraction of sp³-hybridized carbons (Fsp3) is 0.560. The molecule has 2 aromatic heterocycles. The zero-order chi connectivity index (χ0) is 26.1. The van der Waals surface area contributed by atoms with Crippen LogP contribution in [-0.4, -0.2) is 77.8 Å². The van der Waals surface area contributed by atoms with Crippen molar-refractivity contribution in [1.82, 2.24) is 20.3 Å². The monoisotopic (exact) mass is 546 g/mol. The van der Waals surface area contributed by atoms with Crippen LogP contribution in [0, 0.1) is 0 Å². The number of thioether (sulfide) groups is 1. The molecule has 204 valence electrons. The fourth-order valence-corrected chi connectivity index (χ4v) is 6.07. The van der Waals surface area contributed by atoms with Gasteiger partial charge in [-0.1, -0.05) is 16.9 Å². The number of aromatic nitrogens is 4. The fourth-order valence-electron chi connectivity index (χ4n) is 5.24. The van der Waals surface area contributed by atoms with Gasteiger partial charge in [0.05, 0.1) is 27.4 Å². The normalized spacial score (nSPS) is 25.7. The summed E-state index contributed by atoms with van der Waals surface area (Å²) in [5.41, 5.74) is 1.37. The standard InChI is InChI=1S/C25H30N4O8S/c1-30-17-8-14(9-18(31-2)20(17)32-3)16-10-15(37-29-16)11-33-23-22-21(35-25(36-22)6-4-5-7-25)19(34-23)12-38-24-26-13-27-28-24/h8-10,13,19,21-23H,4-7,11-12H2,1-3H3,(H,26,27,28)/t19-,21-,22-,23-/m1/s1. The van der Waals surface area contributed by atoms with Crippen molar-refractivity contribution >= 4 is 11.8 Å². The second-order valence-corrected chi connectivity index (χ2v) is 10.3. The lowest BCUT2D eigenvalue weighted by Gasteiger charge is -2.26. The second-order valence-electron chi connectivity index (χ2n) is 9.33. The number of H-pyrrole nitrogens is 1. The molecule has 12 nitrogen and oxygen atoms in total. The zero-order valence-electron chi connectivity index (χ0n) is 21.4. The third-order valence-electron chi connectivity index (χ3n) is 7.02.